The van der Waals surface area contributed by atoms with Crippen molar-refractivity contribution in [1.82, 2.24) is 4.90 Å². The van der Waals surface area contributed by atoms with E-state index in [1.165, 1.54) is 161 Å². The highest BCUT2D eigenvalue weighted by atomic mass is 32.2. The molecule has 1 N–H and O–H groups in total. The van der Waals surface area contributed by atoms with Crippen LogP contribution in [0.25, 0.3) is 0 Å². The van der Waals surface area contributed by atoms with Crippen LogP contribution in [0.2, 0.25) is 0 Å². The van der Waals surface area contributed by atoms with Gasteiger partial charge in [0.2, 0.25) is 0 Å². The second-order valence-corrected chi connectivity index (χ2v) is 15.0. The van der Waals surface area contributed by atoms with E-state index in [-0.39, 0.29) is 11.8 Å². The van der Waals surface area contributed by atoms with Gasteiger partial charge in [0, 0.05) is 6.04 Å². The fraction of sp³-hybridized carbons (Fsp3) is 0.897. The van der Waals surface area contributed by atoms with Crippen molar-refractivity contribution < 1.29 is 13.0 Å². The molecule has 0 aromatic heterocycles. The van der Waals surface area contributed by atoms with E-state index in [9.17, 15) is 13.0 Å². The number of nitrogens with zero attached hydrogens (tertiary/aromatic N) is 1. The molecule has 5 heteroatoms. The predicted molar refractivity (Wildman–Crippen MR) is 196 cm³/mol. The molecule has 0 aromatic carbocycles. The van der Waals surface area contributed by atoms with E-state index in [1.807, 2.05) is 7.05 Å². The Morgan fingerprint density at radius 1 is 0.500 bits per heavy atom. The molecule has 0 rings (SSSR count). The van der Waals surface area contributed by atoms with Crippen molar-refractivity contribution >= 4 is 10.1 Å². The van der Waals surface area contributed by atoms with Crippen LogP contribution in [0.1, 0.15) is 200 Å². The van der Waals surface area contributed by atoms with Gasteiger partial charge in [0.25, 0.3) is 10.1 Å². The lowest BCUT2D eigenvalue weighted by Gasteiger charge is -2.27. The highest BCUT2D eigenvalue weighted by molar-refractivity contribution is 7.85. The largest absolute Gasteiger partial charge is 0.302 e. The maximum absolute atomic E-state index is 11.7. The third-order valence-corrected chi connectivity index (χ3v) is 9.90. The quantitative estimate of drug-likeness (QED) is 0.0426. The van der Waals surface area contributed by atoms with Crippen LogP contribution >= 0.6 is 0 Å². The number of unbranched alkanes of at least 4 members (excludes halogenated alkanes) is 24. The molecule has 0 fully saturated rings. The summed E-state index contributed by atoms with van der Waals surface area (Å²) in [5.74, 6) is -0.138. The Kier molecular flexibility index (Phi) is 33.2. The zero-order valence-corrected chi connectivity index (χ0v) is 30.7. The Bertz CT molecular complexity index is 734. The van der Waals surface area contributed by atoms with Crippen molar-refractivity contribution in [3.8, 4) is 0 Å². The monoisotopic (exact) mass is 640 g/mol. The molecule has 1 unspecified atom stereocenters. The lowest BCUT2D eigenvalue weighted by Crippen LogP contribution is -2.38. The summed E-state index contributed by atoms with van der Waals surface area (Å²) in [5, 5.41) is 0. The minimum absolute atomic E-state index is 0.0788. The molecule has 0 aromatic rings. The van der Waals surface area contributed by atoms with Crippen molar-refractivity contribution in [3.05, 3.63) is 24.3 Å². The molecule has 0 aliphatic rings. The zero-order valence-electron chi connectivity index (χ0n) is 29.9. The molecule has 0 bridgehead atoms. The fourth-order valence-corrected chi connectivity index (χ4v) is 7.00. The molecule has 0 radical (unpaired) electrons. The van der Waals surface area contributed by atoms with E-state index in [2.05, 4.69) is 43.1 Å². The van der Waals surface area contributed by atoms with Gasteiger partial charge < -0.3 is 4.90 Å². The van der Waals surface area contributed by atoms with Crippen LogP contribution in [0.4, 0.5) is 0 Å². The first-order valence-electron chi connectivity index (χ1n) is 19.4. The molecule has 44 heavy (non-hydrogen) atoms. The van der Waals surface area contributed by atoms with Crippen LogP contribution < -0.4 is 0 Å². The number of rotatable bonds is 35. The molecule has 262 valence electrons. The summed E-state index contributed by atoms with van der Waals surface area (Å²) in [5.41, 5.74) is 0. The average molecular weight is 640 g/mol. The standard InChI is InChI=1S/C39H77NO3S/c1-4-6-8-10-12-14-16-18-20-22-24-26-28-30-32-34-36-39(38-44(41,42)43)40(3)37-35-33-31-29-27-25-23-21-19-17-15-13-11-9-7-5-2/h18-21,39H,4-17,22-38H2,1-3H3,(H,41,42,43)/b20-18-,21-19-. The van der Waals surface area contributed by atoms with Gasteiger partial charge >= 0.3 is 0 Å². The number of allylic oxidation sites excluding steroid dienone is 4. The molecule has 4 nitrogen and oxygen atoms in total. The van der Waals surface area contributed by atoms with E-state index in [4.69, 9.17) is 0 Å². The maximum Gasteiger partial charge on any atom is 0.266 e. The Hall–Kier alpha value is -0.650. The molecule has 0 amide bonds. The van der Waals surface area contributed by atoms with Crippen LogP contribution in [0.5, 0.6) is 0 Å². The smallest absolute Gasteiger partial charge is 0.266 e. The van der Waals surface area contributed by atoms with E-state index >= 15 is 0 Å². The van der Waals surface area contributed by atoms with E-state index in [0.29, 0.717) is 0 Å². The van der Waals surface area contributed by atoms with Gasteiger partial charge in [-0.1, -0.05) is 160 Å². The summed E-state index contributed by atoms with van der Waals surface area (Å²) in [7, 11) is -1.92. The van der Waals surface area contributed by atoms with Gasteiger partial charge in [-0.05, 0) is 77.8 Å². The maximum atomic E-state index is 11.7. The van der Waals surface area contributed by atoms with Gasteiger partial charge in [-0.15, -0.1) is 0 Å². The highest BCUT2D eigenvalue weighted by Gasteiger charge is 2.20. The summed E-state index contributed by atoms with van der Waals surface area (Å²) in [6, 6.07) is -0.0788. The van der Waals surface area contributed by atoms with Crippen LogP contribution in [0.3, 0.4) is 0 Å². The summed E-state index contributed by atoms with van der Waals surface area (Å²) >= 11 is 0. The summed E-state index contributed by atoms with van der Waals surface area (Å²) in [6.07, 6.45) is 46.4. The van der Waals surface area contributed by atoms with Crippen LogP contribution in [-0.4, -0.2) is 43.3 Å². The van der Waals surface area contributed by atoms with Gasteiger partial charge in [-0.3, -0.25) is 4.55 Å². The summed E-state index contributed by atoms with van der Waals surface area (Å²) in [4.78, 5) is 2.18. The van der Waals surface area contributed by atoms with Gasteiger partial charge in [-0.25, -0.2) is 0 Å². The van der Waals surface area contributed by atoms with E-state index in [0.717, 1.165) is 32.2 Å². The van der Waals surface area contributed by atoms with Crippen molar-refractivity contribution in [2.24, 2.45) is 0 Å². The first-order chi connectivity index (χ1) is 21.4. The van der Waals surface area contributed by atoms with Crippen molar-refractivity contribution in [1.29, 1.82) is 0 Å². The van der Waals surface area contributed by atoms with Crippen LogP contribution in [-0.2, 0) is 10.1 Å². The van der Waals surface area contributed by atoms with E-state index in [1.54, 1.807) is 0 Å². The Morgan fingerprint density at radius 3 is 1.18 bits per heavy atom. The first kappa shape index (κ1) is 43.4. The third kappa shape index (κ3) is 34.2. The van der Waals surface area contributed by atoms with Crippen molar-refractivity contribution in [2.75, 3.05) is 19.3 Å². The topological polar surface area (TPSA) is 57.6 Å². The molecule has 1 atom stereocenters. The van der Waals surface area contributed by atoms with Crippen LogP contribution in [0.15, 0.2) is 24.3 Å². The first-order valence-corrected chi connectivity index (χ1v) is 21.0. The molecular formula is C39H77NO3S. The van der Waals surface area contributed by atoms with Gasteiger partial charge in [-0.2, -0.15) is 8.42 Å². The molecule has 0 spiro atoms. The van der Waals surface area contributed by atoms with E-state index < -0.39 is 10.1 Å². The molecular weight excluding hydrogens is 563 g/mol. The zero-order chi connectivity index (χ0) is 32.4. The Balaban J connectivity index is 3.80. The number of hydrogen-bond acceptors (Lipinski definition) is 3. The lowest BCUT2D eigenvalue weighted by molar-refractivity contribution is 0.235. The van der Waals surface area contributed by atoms with Crippen LogP contribution in [0, 0.1) is 0 Å². The third-order valence-electron chi connectivity index (χ3n) is 9.10. The molecule has 0 saturated carbocycles. The number of hydrogen-bond donors (Lipinski definition) is 1. The van der Waals surface area contributed by atoms with Crippen molar-refractivity contribution in [3.63, 3.8) is 0 Å². The summed E-state index contributed by atoms with van der Waals surface area (Å²) in [6.45, 7) is 5.45. The van der Waals surface area contributed by atoms with Crippen molar-refractivity contribution in [2.45, 2.75) is 206 Å². The fourth-order valence-electron chi connectivity index (χ4n) is 6.09. The van der Waals surface area contributed by atoms with Gasteiger partial charge in [0.15, 0.2) is 0 Å². The Labute approximate surface area is 277 Å². The lowest BCUT2D eigenvalue weighted by atomic mass is 10.0. The van der Waals surface area contributed by atoms with Gasteiger partial charge in [0.05, 0.1) is 5.75 Å². The molecule has 0 aliphatic heterocycles. The summed E-state index contributed by atoms with van der Waals surface area (Å²) < 4.78 is 32.8. The Morgan fingerprint density at radius 2 is 0.818 bits per heavy atom. The SMILES string of the molecule is CCCCCCCC/C=C\CCCCCCCCC(CS(=O)(=O)O)N(C)CCCCCCCC/C=C\CCCCCCCC. The van der Waals surface area contributed by atoms with Gasteiger partial charge in [0.1, 0.15) is 0 Å². The molecule has 0 aliphatic carbocycles. The second-order valence-electron chi connectivity index (χ2n) is 13.5. The predicted octanol–water partition coefficient (Wildman–Crippen LogP) is 12.6. The molecule has 0 saturated heterocycles. The minimum Gasteiger partial charge on any atom is -0.302 e. The normalized spacial score (nSPS) is 13.2. The molecule has 0 heterocycles. The average Bonchev–Trinajstić information content (AvgIpc) is 2.99. The minimum atomic E-state index is -3.95. The highest BCUT2D eigenvalue weighted by Crippen LogP contribution is 2.16. The second kappa shape index (κ2) is 33.7.